The summed E-state index contributed by atoms with van der Waals surface area (Å²) in [5.74, 6) is -0.360. The molecule has 9 heteroatoms. The summed E-state index contributed by atoms with van der Waals surface area (Å²) >= 11 is 0. The van der Waals surface area contributed by atoms with Crippen molar-refractivity contribution in [1.82, 2.24) is 19.2 Å². The fourth-order valence-corrected chi connectivity index (χ4v) is 3.80. The van der Waals surface area contributed by atoms with Crippen LogP contribution in [0, 0.1) is 0 Å². The fourth-order valence-electron chi connectivity index (χ4n) is 2.88. The quantitative estimate of drug-likeness (QED) is 0.614. The van der Waals surface area contributed by atoms with E-state index < -0.39 is 15.6 Å². The van der Waals surface area contributed by atoms with Gasteiger partial charge in [0.15, 0.2) is 0 Å². The van der Waals surface area contributed by atoms with Crippen molar-refractivity contribution in [3.63, 3.8) is 0 Å². The van der Waals surface area contributed by atoms with Gasteiger partial charge < -0.3 is 14.9 Å². The molecule has 8 nitrogen and oxygen atoms in total. The fraction of sp³-hybridized carbons (Fsp3) is 0.263. The number of amides is 1. The van der Waals surface area contributed by atoms with Crippen molar-refractivity contribution in [2.75, 3.05) is 20.6 Å². The molecule has 0 unspecified atom stereocenters. The molecule has 2 N–H and O–H groups in total. The lowest BCUT2D eigenvalue weighted by Crippen LogP contribution is -2.33. The van der Waals surface area contributed by atoms with Gasteiger partial charge in [-0.1, -0.05) is 18.2 Å². The third-order valence-electron chi connectivity index (χ3n) is 4.44. The lowest BCUT2D eigenvalue weighted by Gasteiger charge is -2.13. The Morgan fingerprint density at radius 3 is 2.68 bits per heavy atom. The van der Waals surface area contributed by atoms with E-state index in [1.807, 2.05) is 30.5 Å². The smallest absolute Gasteiger partial charge is 0.251 e. The molecule has 3 rings (SSSR count). The maximum absolute atomic E-state index is 12.2. The zero-order valence-corrected chi connectivity index (χ0v) is 16.5. The molecular weight excluding hydrogens is 380 g/mol. The molecule has 0 saturated carbocycles. The number of fused-ring (bicyclic) bond motifs is 1. The highest BCUT2D eigenvalue weighted by atomic mass is 32.2. The van der Waals surface area contributed by atoms with Crippen LogP contribution in [0.1, 0.15) is 5.56 Å². The topological polar surface area (TPSA) is 104 Å². The van der Waals surface area contributed by atoms with Crippen molar-refractivity contribution in [2.24, 2.45) is 0 Å². The van der Waals surface area contributed by atoms with Crippen molar-refractivity contribution in [2.45, 2.75) is 17.9 Å². The van der Waals surface area contributed by atoms with Gasteiger partial charge in [0.05, 0.1) is 4.90 Å². The van der Waals surface area contributed by atoms with Crippen LogP contribution in [-0.2, 0) is 27.8 Å². The molecule has 0 radical (unpaired) electrons. The lowest BCUT2D eigenvalue weighted by molar-refractivity contribution is -0.121. The van der Waals surface area contributed by atoms with E-state index >= 15 is 0 Å². The Bertz CT molecular complexity index is 1160. The molecule has 0 fully saturated rings. The lowest BCUT2D eigenvalue weighted by atomic mass is 10.1. The molecule has 0 aliphatic carbocycles. The maximum Gasteiger partial charge on any atom is 0.251 e. The van der Waals surface area contributed by atoms with Crippen LogP contribution in [0.3, 0.4) is 0 Å². The third-order valence-corrected chi connectivity index (χ3v) is 6.24. The Balaban J connectivity index is 1.64. The Hall–Kier alpha value is -2.91. The van der Waals surface area contributed by atoms with Gasteiger partial charge in [0, 0.05) is 50.0 Å². The van der Waals surface area contributed by atoms with Crippen molar-refractivity contribution in [1.29, 1.82) is 0 Å². The highest BCUT2D eigenvalue weighted by Crippen LogP contribution is 2.17. The molecule has 0 atom stereocenters. The van der Waals surface area contributed by atoms with Gasteiger partial charge >= 0.3 is 0 Å². The van der Waals surface area contributed by atoms with Gasteiger partial charge in [-0.2, -0.15) is 0 Å². The molecule has 28 heavy (non-hydrogen) atoms. The third kappa shape index (κ3) is 4.15. The van der Waals surface area contributed by atoms with Gasteiger partial charge in [0.2, 0.25) is 15.9 Å². The standard InChI is InChI=1S/C19H22N4O4S/c1-22(2)28(26,27)15-7-8-19(25)23(12-15)13-18(24)20-10-9-14-11-21-17-6-4-3-5-16(14)17/h3-8,11-12,21H,9-10,13H2,1-2H3,(H,20,24). The Morgan fingerprint density at radius 1 is 1.18 bits per heavy atom. The number of aromatic nitrogens is 2. The van der Waals surface area contributed by atoms with Gasteiger partial charge in [-0.15, -0.1) is 0 Å². The molecule has 0 aliphatic heterocycles. The number of para-hydroxylation sites is 1. The van der Waals surface area contributed by atoms with Gasteiger partial charge in [-0.25, -0.2) is 12.7 Å². The monoisotopic (exact) mass is 402 g/mol. The van der Waals surface area contributed by atoms with Gasteiger partial charge in [0.1, 0.15) is 6.54 Å². The molecule has 1 amide bonds. The molecule has 0 bridgehead atoms. The maximum atomic E-state index is 12.2. The predicted octanol–water partition coefficient (Wildman–Crippen LogP) is 0.939. The Labute approximate surface area is 162 Å². The Kier molecular flexibility index (Phi) is 5.66. The van der Waals surface area contributed by atoms with E-state index in [1.54, 1.807) is 0 Å². The number of carbonyl (C=O) groups excluding carboxylic acids is 1. The van der Waals surface area contributed by atoms with Crippen LogP contribution in [0.25, 0.3) is 10.9 Å². The van der Waals surface area contributed by atoms with Crippen LogP contribution < -0.4 is 10.9 Å². The molecule has 0 saturated heterocycles. The molecule has 0 aliphatic rings. The molecule has 3 aromatic rings. The average Bonchev–Trinajstić information content (AvgIpc) is 3.06. The predicted molar refractivity (Wildman–Crippen MR) is 107 cm³/mol. The first-order valence-electron chi connectivity index (χ1n) is 8.74. The van der Waals surface area contributed by atoms with Crippen LogP contribution in [0.2, 0.25) is 0 Å². The number of hydrogen-bond acceptors (Lipinski definition) is 4. The van der Waals surface area contributed by atoms with Gasteiger partial charge in [-0.3, -0.25) is 9.59 Å². The zero-order valence-electron chi connectivity index (χ0n) is 15.7. The van der Waals surface area contributed by atoms with Crippen LogP contribution in [0.4, 0.5) is 0 Å². The van der Waals surface area contributed by atoms with Gasteiger partial charge in [-0.05, 0) is 24.1 Å². The summed E-state index contributed by atoms with van der Waals surface area (Å²) < 4.78 is 26.5. The van der Waals surface area contributed by atoms with E-state index in [9.17, 15) is 18.0 Å². The zero-order chi connectivity index (χ0) is 20.3. The average molecular weight is 402 g/mol. The molecule has 2 heterocycles. The molecular formula is C19H22N4O4S. The summed E-state index contributed by atoms with van der Waals surface area (Å²) in [7, 11) is -0.871. The van der Waals surface area contributed by atoms with Crippen molar-refractivity contribution >= 4 is 26.8 Å². The van der Waals surface area contributed by atoms with Crippen LogP contribution in [-0.4, -0.2) is 48.8 Å². The largest absolute Gasteiger partial charge is 0.361 e. The Morgan fingerprint density at radius 2 is 1.93 bits per heavy atom. The number of pyridine rings is 1. The SMILES string of the molecule is CN(C)S(=O)(=O)c1ccc(=O)n(CC(=O)NCCc2c[nH]c3ccccc23)c1. The molecule has 2 aromatic heterocycles. The van der Waals surface area contributed by atoms with E-state index in [0.29, 0.717) is 13.0 Å². The molecule has 0 spiro atoms. The summed E-state index contributed by atoms with van der Waals surface area (Å²) in [6.07, 6.45) is 3.74. The number of benzene rings is 1. The summed E-state index contributed by atoms with van der Waals surface area (Å²) in [4.78, 5) is 27.3. The molecule has 1 aromatic carbocycles. The minimum absolute atomic E-state index is 0.0382. The second kappa shape index (κ2) is 7.99. The number of H-pyrrole nitrogens is 1. The van der Waals surface area contributed by atoms with Crippen molar-refractivity contribution < 1.29 is 13.2 Å². The minimum Gasteiger partial charge on any atom is -0.361 e. The highest BCUT2D eigenvalue weighted by molar-refractivity contribution is 7.89. The number of hydrogen-bond donors (Lipinski definition) is 2. The second-order valence-corrected chi connectivity index (χ2v) is 8.73. The van der Waals surface area contributed by atoms with Crippen LogP contribution in [0.15, 0.2) is 58.5 Å². The number of aromatic amines is 1. The summed E-state index contributed by atoms with van der Waals surface area (Å²) in [6, 6.07) is 10.3. The summed E-state index contributed by atoms with van der Waals surface area (Å²) in [5, 5.41) is 3.88. The number of rotatable bonds is 7. The van der Waals surface area contributed by atoms with E-state index in [2.05, 4.69) is 10.3 Å². The normalized spacial score (nSPS) is 11.8. The highest BCUT2D eigenvalue weighted by Gasteiger charge is 2.18. The number of nitrogens with zero attached hydrogens (tertiary/aromatic N) is 2. The van der Waals surface area contributed by atoms with E-state index in [1.165, 1.54) is 26.4 Å². The number of carbonyl (C=O) groups is 1. The first-order chi connectivity index (χ1) is 13.3. The second-order valence-electron chi connectivity index (χ2n) is 6.58. The summed E-state index contributed by atoms with van der Waals surface area (Å²) in [6.45, 7) is 0.161. The first kappa shape index (κ1) is 19.8. The van der Waals surface area contributed by atoms with Crippen molar-refractivity contribution in [3.8, 4) is 0 Å². The van der Waals surface area contributed by atoms with Crippen molar-refractivity contribution in [3.05, 3.63) is 64.7 Å². The number of sulfonamides is 1. The molecule has 148 valence electrons. The van der Waals surface area contributed by atoms with Crippen LogP contribution >= 0.6 is 0 Å². The van der Waals surface area contributed by atoms with E-state index in [4.69, 9.17) is 0 Å². The minimum atomic E-state index is -3.68. The van der Waals surface area contributed by atoms with Crippen LogP contribution in [0.5, 0.6) is 0 Å². The van der Waals surface area contributed by atoms with Gasteiger partial charge in [0.25, 0.3) is 5.56 Å². The van der Waals surface area contributed by atoms with E-state index in [-0.39, 0.29) is 17.3 Å². The number of nitrogens with one attached hydrogen (secondary N) is 2. The first-order valence-corrected chi connectivity index (χ1v) is 10.2. The van der Waals surface area contributed by atoms with E-state index in [0.717, 1.165) is 31.4 Å². The summed E-state index contributed by atoms with van der Waals surface area (Å²) in [5.41, 5.74) is 1.69.